The Labute approximate surface area is 126 Å². The van der Waals surface area contributed by atoms with Crippen LogP contribution >= 0.6 is 0 Å². The minimum atomic E-state index is 0.262. The lowest BCUT2D eigenvalue weighted by atomic mass is 10.2. The van der Waals surface area contributed by atoms with Crippen LogP contribution in [0.4, 0.5) is 0 Å². The Morgan fingerprint density at radius 2 is 1.67 bits per heavy atom. The third-order valence-electron chi connectivity index (χ3n) is 3.29. The van der Waals surface area contributed by atoms with Crippen molar-refractivity contribution in [2.45, 2.75) is 26.0 Å². The number of hydrogen-bond donors (Lipinski definition) is 2. The zero-order valence-electron chi connectivity index (χ0n) is 12.3. The number of para-hydroxylation sites is 1. The molecule has 21 heavy (non-hydrogen) atoms. The zero-order valence-corrected chi connectivity index (χ0v) is 12.3. The van der Waals surface area contributed by atoms with Gasteiger partial charge in [0, 0.05) is 18.7 Å². The lowest BCUT2D eigenvalue weighted by Gasteiger charge is -2.12. The number of rotatable bonds is 9. The molecule has 3 heteroatoms. The zero-order chi connectivity index (χ0) is 14.8. The number of nitrogens with one attached hydrogen (secondary N) is 1. The molecule has 0 unspecified atom stereocenters. The highest BCUT2D eigenvalue weighted by Crippen LogP contribution is 2.19. The second-order valence-electron chi connectivity index (χ2n) is 4.99. The van der Waals surface area contributed by atoms with Gasteiger partial charge in [0.25, 0.3) is 0 Å². The van der Waals surface area contributed by atoms with Gasteiger partial charge in [-0.15, -0.1) is 0 Å². The quantitative estimate of drug-likeness (QED) is 0.696. The minimum Gasteiger partial charge on any atom is -0.489 e. The van der Waals surface area contributed by atoms with Gasteiger partial charge >= 0.3 is 0 Å². The molecule has 0 aromatic heterocycles. The van der Waals surface area contributed by atoms with Gasteiger partial charge in [0.05, 0.1) is 0 Å². The van der Waals surface area contributed by atoms with Crippen LogP contribution in [0.1, 0.15) is 24.0 Å². The summed E-state index contributed by atoms with van der Waals surface area (Å²) in [5, 5.41) is 12.1. The van der Waals surface area contributed by atoms with Crippen LogP contribution in [0.25, 0.3) is 0 Å². The van der Waals surface area contributed by atoms with Crippen molar-refractivity contribution in [2.24, 2.45) is 0 Å². The van der Waals surface area contributed by atoms with Crippen molar-refractivity contribution < 1.29 is 9.84 Å². The Morgan fingerprint density at radius 1 is 0.905 bits per heavy atom. The van der Waals surface area contributed by atoms with Crippen LogP contribution in [0.2, 0.25) is 0 Å². The van der Waals surface area contributed by atoms with E-state index in [1.807, 2.05) is 36.4 Å². The Hall–Kier alpha value is -1.84. The Morgan fingerprint density at radius 3 is 2.48 bits per heavy atom. The number of aliphatic hydroxyl groups excluding tert-OH is 1. The lowest BCUT2D eigenvalue weighted by Crippen LogP contribution is -2.15. The maximum atomic E-state index is 8.76. The molecule has 3 nitrogen and oxygen atoms in total. The van der Waals surface area contributed by atoms with Crippen LogP contribution in [0.5, 0.6) is 5.75 Å². The van der Waals surface area contributed by atoms with Crippen LogP contribution in [0.15, 0.2) is 54.6 Å². The standard InChI is InChI=1S/C18H23NO2/c20-13-7-6-12-19-14-17-10-4-5-11-18(17)21-15-16-8-2-1-3-9-16/h1-5,8-11,19-20H,6-7,12-15H2. The summed E-state index contributed by atoms with van der Waals surface area (Å²) in [4.78, 5) is 0. The molecule has 0 aliphatic rings. The molecule has 0 atom stereocenters. The van der Waals surface area contributed by atoms with Gasteiger partial charge in [0.1, 0.15) is 12.4 Å². The summed E-state index contributed by atoms with van der Waals surface area (Å²) in [6.07, 6.45) is 1.84. The molecule has 0 amide bonds. The van der Waals surface area contributed by atoms with Crippen LogP contribution in [-0.2, 0) is 13.2 Å². The van der Waals surface area contributed by atoms with Gasteiger partial charge < -0.3 is 15.2 Å². The topological polar surface area (TPSA) is 41.5 Å². The van der Waals surface area contributed by atoms with Crippen molar-refractivity contribution in [1.82, 2.24) is 5.32 Å². The van der Waals surface area contributed by atoms with E-state index in [1.54, 1.807) is 0 Å². The van der Waals surface area contributed by atoms with E-state index in [2.05, 4.69) is 23.5 Å². The third kappa shape index (κ3) is 5.58. The van der Waals surface area contributed by atoms with Gasteiger partial charge in [-0.2, -0.15) is 0 Å². The van der Waals surface area contributed by atoms with Crippen molar-refractivity contribution in [3.8, 4) is 5.75 Å². The van der Waals surface area contributed by atoms with Gasteiger partial charge in [0.15, 0.2) is 0 Å². The summed E-state index contributed by atoms with van der Waals surface area (Å²) in [6, 6.07) is 18.3. The van der Waals surface area contributed by atoms with Crippen LogP contribution in [0, 0.1) is 0 Å². The van der Waals surface area contributed by atoms with Gasteiger partial charge in [-0.25, -0.2) is 0 Å². The fourth-order valence-electron chi connectivity index (χ4n) is 2.11. The first kappa shape index (κ1) is 15.5. The van der Waals surface area contributed by atoms with E-state index in [4.69, 9.17) is 9.84 Å². The lowest BCUT2D eigenvalue weighted by molar-refractivity contribution is 0.283. The first-order valence-corrected chi connectivity index (χ1v) is 7.46. The second kappa shape index (κ2) is 9.16. The molecule has 0 aliphatic heterocycles. The molecule has 0 saturated heterocycles. The van der Waals surface area contributed by atoms with Crippen molar-refractivity contribution >= 4 is 0 Å². The van der Waals surface area contributed by atoms with Crippen LogP contribution in [0.3, 0.4) is 0 Å². The van der Waals surface area contributed by atoms with Gasteiger partial charge in [-0.3, -0.25) is 0 Å². The predicted octanol–water partition coefficient (Wildman–Crippen LogP) is 3.13. The van der Waals surface area contributed by atoms with Crippen molar-refractivity contribution in [3.05, 3.63) is 65.7 Å². The van der Waals surface area contributed by atoms with Gasteiger partial charge in [-0.1, -0.05) is 48.5 Å². The first-order chi connectivity index (χ1) is 10.4. The van der Waals surface area contributed by atoms with E-state index < -0.39 is 0 Å². The fourth-order valence-corrected chi connectivity index (χ4v) is 2.11. The number of hydrogen-bond acceptors (Lipinski definition) is 3. The molecule has 0 radical (unpaired) electrons. The van der Waals surface area contributed by atoms with Gasteiger partial charge in [0.2, 0.25) is 0 Å². The van der Waals surface area contributed by atoms with E-state index in [1.165, 1.54) is 5.56 Å². The largest absolute Gasteiger partial charge is 0.489 e. The van der Waals surface area contributed by atoms with E-state index in [0.29, 0.717) is 6.61 Å². The molecule has 0 fully saturated rings. The normalized spacial score (nSPS) is 10.5. The molecule has 112 valence electrons. The summed E-state index contributed by atoms with van der Waals surface area (Å²) >= 11 is 0. The number of aliphatic hydroxyl groups is 1. The molecule has 0 aliphatic carbocycles. The summed E-state index contributed by atoms with van der Waals surface area (Å²) in [6.45, 7) is 2.55. The summed E-state index contributed by atoms with van der Waals surface area (Å²) in [5.41, 5.74) is 2.33. The van der Waals surface area contributed by atoms with Crippen molar-refractivity contribution in [2.75, 3.05) is 13.2 Å². The molecule has 2 rings (SSSR count). The van der Waals surface area contributed by atoms with Crippen LogP contribution in [-0.4, -0.2) is 18.3 Å². The highest BCUT2D eigenvalue weighted by molar-refractivity contribution is 5.33. The average molecular weight is 285 g/mol. The molecule has 0 saturated carbocycles. The molecule has 2 aromatic carbocycles. The number of benzene rings is 2. The summed E-state index contributed by atoms with van der Waals surface area (Å²) in [7, 11) is 0. The third-order valence-corrected chi connectivity index (χ3v) is 3.29. The van der Waals surface area contributed by atoms with Crippen molar-refractivity contribution in [1.29, 1.82) is 0 Å². The van der Waals surface area contributed by atoms with E-state index in [9.17, 15) is 0 Å². The predicted molar refractivity (Wildman–Crippen MR) is 85.2 cm³/mol. The highest BCUT2D eigenvalue weighted by Gasteiger charge is 2.03. The first-order valence-electron chi connectivity index (χ1n) is 7.46. The molecule has 0 bridgehead atoms. The SMILES string of the molecule is OCCCCNCc1ccccc1OCc1ccccc1. The maximum Gasteiger partial charge on any atom is 0.124 e. The molecule has 0 heterocycles. The van der Waals surface area contributed by atoms with E-state index in [-0.39, 0.29) is 6.61 Å². The summed E-state index contributed by atoms with van der Waals surface area (Å²) < 4.78 is 5.92. The highest BCUT2D eigenvalue weighted by atomic mass is 16.5. The minimum absolute atomic E-state index is 0.262. The van der Waals surface area contributed by atoms with E-state index in [0.717, 1.165) is 37.2 Å². The molecular weight excluding hydrogens is 262 g/mol. The smallest absolute Gasteiger partial charge is 0.124 e. The van der Waals surface area contributed by atoms with E-state index >= 15 is 0 Å². The Kier molecular flexibility index (Phi) is 6.78. The fraction of sp³-hybridized carbons (Fsp3) is 0.333. The number of unbranched alkanes of at least 4 members (excludes halogenated alkanes) is 1. The molecule has 2 aromatic rings. The Bertz CT molecular complexity index is 514. The maximum absolute atomic E-state index is 8.76. The summed E-state index contributed by atoms with van der Waals surface area (Å²) in [5.74, 6) is 0.927. The van der Waals surface area contributed by atoms with Gasteiger partial charge in [-0.05, 0) is 31.0 Å². The van der Waals surface area contributed by atoms with Crippen molar-refractivity contribution in [3.63, 3.8) is 0 Å². The average Bonchev–Trinajstić information content (AvgIpc) is 2.55. The molecule has 2 N–H and O–H groups in total. The molecule has 0 spiro atoms. The number of ether oxygens (including phenoxy) is 1. The Balaban J connectivity index is 1.84. The van der Waals surface area contributed by atoms with Crippen LogP contribution < -0.4 is 10.1 Å². The molecular formula is C18H23NO2. The monoisotopic (exact) mass is 285 g/mol. The second-order valence-corrected chi connectivity index (χ2v) is 4.99.